The summed E-state index contributed by atoms with van der Waals surface area (Å²) in [5.74, 6) is 16.9. The van der Waals surface area contributed by atoms with E-state index in [2.05, 4.69) is 138 Å². The molecule has 7 N–H and O–H groups in total. The Morgan fingerprint density at radius 3 is 1.13 bits per heavy atom. The SMILES string of the molecule is CC[C@H]1[C@@H](O)C2C3CC[C@H]([C@H](C)CCC(=O)O)[C@@]3(C)CCC2[C@@]2(C)CC[C@@H](O)C[C@@H]12.CC[C@H]1[C@@H](O)C2C3CC[C@H]([C@H](C)CCc4nnc(CS(C)(=O)=O)o4)[C@@]3(C)CCC2[C@@]2(C)CC[C@@H](O)C[C@@H]12.CC[C@H]1[C@@H](OCOC)C2C3CC[C@H]([C@H](C)CCC(=O)OCOC)[C@@]3(C)CCC2[C@@]2(C)CC[C@@H](OCOC)C[C@@H]12.CC[C@H]1[C@@H](OCOC)C2C3CC[C@H]([C@H](C)CCc4nnc(N)o4)[C@@]3(C)CCC2[C@@]2(C)CC[C@@H](C)C[C@@H]12. The van der Waals surface area contributed by atoms with E-state index in [0.717, 1.165) is 132 Å². The Balaban J connectivity index is 0.000000143. The summed E-state index contributed by atoms with van der Waals surface area (Å²) in [5.41, 5.74) is 8.05. The number of anilines is 1. The number of rotatable bonds is 33. The molecule has 16 aliphatic rings. The Kier molecular flexibility index (Phi) is 36.7. The largest absolute Gasteiger partial charge is 0.481 e. The third-order valence-corrected chi connectivity index (χ3v) is 47.7. The molecule has 44 atom stereocenters. The summed E-state index contributed by atoms with van der Waals surface area (Å²) >= 11 is 0. The summed E-state index contributed by atoms with van der Waals surface area (Å²) in [7, 11) is 3.59. The molecule has 812 valence electrons. The molecule has 2 heterocycles. The zero-order valence-electron chi connectivity index (χ0n) is 92.3. The van der Waals surface area contributed by atoms with Gasteiger partial charge < -0.3 is 78.0 Å². The highest BCUT2D eigenvalue weighted by Crippen LogP contribution is 2.76. The quantitative estimate of drug-likeness (QED) is 0.0285. The number of carboxylic acids is 1. The van der Waals surface area contributed by atoms with Gasteiger partial charge in [-0.3, -0.25) is 9.59 Å². The summed E-state index contributed by atoms with van der Waals surface area (Å²) < 4.78 is 80.1. The van der Waals surface area contributed by atoms with Crippen LogP contribution in [0.3, 0.4) is 0 Å². The molecule has 0 saturated heterocycles. The number of nitrogens with two attached hydrogens (primary N) is 1. The van der Waals surface area contributed by atoms with Crippen LogP contribution in [0, 0.1) is 215 Å². The Hall–Kier alpha value is -3.47. The van der Waals surface area contributed by atoms with Crippen molar-refractivity contribution >= 4 is 27.8 Å². The van der Waals surface area contributed by atoms with Crippen LogP contribution in [0.2, 0.25) is 0 Å². The zero-order valence-corrected chi connectivity index (χ0v) is 93.1. The molecule has 16 aliphatic carbocycles. The summed E-state index contributed by atoms with van der Waals surface area (Å²) in [6.45, 7) is 42.8. The fourth-order valence-electron chi connectivity index (χ4n) is 40.4. The normalized spacial score (nSPS) is 45.6. The Bertz CT molecular complexity index is 4500. The molecule has 25 heteroatoms. The first kappa shape index (κ1) is 113. The van der Waals surface area contributed by atoms with E-state index in [0.29, 0.717) is 209 Å². The first-order valence-corrected chi connectivity index (χ1v) is 60.0. The highest BCUT2D eigenvalue weighted by molar-refractivity contribution is 7.89. The number of carbonyl (C=O) groups is 2. The average Bonchev–Trinajstić information content (AvgIpc) is 1.43. The number of nitrogen functional groups attached to an aromatic ring is 1. The molecule has 2 aromatic heterocycles. The minimum atomic E-state index is -3.19. The average molecular weight is 2010 g/mol. The molecule has 2 aromatic rings. The van der Waals surface area contributed by atoms with Crippen molar-refractivity contribution in [2.45, 2.75) is 423 Å². The number of carbonyl (C=O) groups excluding carboxylic acids is 1. The van der Waals surface area contributed by atoms with Crippen LogP contribution in [-0.4, -0.2) is 171 Å². The number of ether oxygens (including phenoxy) is 8. The molecule has 18 rings (SSSR count). The topological polar surface area (TPSA) is 347 Å². The lowest BCUT2D eigenvalue weighted by molar-refractivity contribution is -0.239. The monoisotopic (exact) mass is 2010 g/mol. The maximum absolute atomic E-state index is 12.2. The number of aliphatic hydroxyl groups is 4. The van der Waals surface area contributed by atoms with Crippen molar-refractivity contribution in [3.63, 3.8) is 0 Å². The van der Waals surface area contributed by atoms with Crippen LogP contribution in [0.15, 0.2) is 8.83 Å². The van der Waals surface area contributed by atoms with E-state index < -0.39 is 15.8 Å². The first-order chi connectivity index (χ1) is 67.5. The van der Waals surface area contributed by atoms with Crippen LogP contribution in [0.5, 0.6) is 0 Å². The Labute approximate surface area is 856 Å². The van der Waals surface area contributed by atoms with Crippen molar-refractivity contribution < 1.29 is 90.3 Å². The molecular weight excluding hydrogens is 1810 g/mol. The van der Waals surface area contributed by atoms with Gasteiger partial charge >= 0.3 is 18.0 Å². The van der Waals surface area contributed by atoms with Gasteiger partial charge in [-0.2, -0.15) is 0 Å². The maximum atomic E-state index is 12.2. The summed E-state index contributed by atoms with van der Waals surface area (Å²) in [6.07, 6.45) is 44.9. The standard InChI is InChI=1S/C32H56O7.C30H51N3O3.C29H48N2O5S.C26H44O4/c1-8-23-27-17-22(37-18-34-5)13-15-32(27,4)26-14-16-31(3)24(21(2)9-12-28(33)38-19-35-6)10-11-25(31)29(26)30(23)39-20-36-7;1-7-20-24-16-18(2)12-14-30(24,5)23-13-15-29(4)21(19(3)8-11-25-32-33-28(31)36-25)9-10-22(29)26(23)27(20)35-17-34-6;1-6-19-23-15-18(32)11-13-29(23,4)22-12-14-28(3)20(8-9-21(28)26(22)27(19)33)17(2)7-10-24-30-31-25(36-24)16-37(5,34)35;1-5-17-21-14-16(27)10-12-26(21,4)20-11-13-25(3)18(15(2)6-9-22(28)29)7-8-19(25)23(20)24(17)30/h21-27,29-30H,8-20H2,1-7H3;18-24,26-27H,7-17H2,1-6H3,(H2,31,33);17-23,26-27,32-33H,6-16H2,1-5H3;15-21,23-24,27,30H,5-14H2,1-4H3,(H,28,29)/t21-,22-,23-,24-,25?,26?,27+,29?,30-,31-,32-;18-,19-,20-,21-,22?,23?,24+,26?,27-,29-,30-;17-,18-,19-,20-,21?,22?,23+,26?,27-,28-,29-;15-,16-,17-,18-,19?,20?,21+,23?,24-,25-,26-/m1111/s1. The summed E-state index contributed by atoms with van der Waals surface area (Å²) in [4.78, 5) is 23.3. The maximum Gasteiger partial charge on any atom is 0.312 e. The highest BCUT2D eigenvalue weighted by Gasteiger charge is 2.71. The van der Waals surface area contributed by atoms with E-state index in [1.165, 1.54) is 141 Å². The van der Waals surface area contributed by atoms with Crippen LogP contribution in [0.25, 0.3) is 0 Å². The van der Waals surface area contributed by atoms with Crippen molar-refractivity contribution in [1.29, 1.82) is 0 Å². The lowest BCUT2D eigenvalue weighted by atomic mass is 9.41. The Morgan fingerprint density at radius 2 is 0.732 bits per heavy atom. The van der Waals surface area contributed by atoms with Gasteiger partial charge in [0.15, 0.2) is 16.6 Å². The van der Waals surface area contributed by atoms with E-state index >= 15 is 0 Å². The number of aryl methyl sites for hydroxylation is 2. The second-order valence-corrected chi connectivity index (χ2v) is 55.3. The van der Waals surface area contributed by atoms with E-state index in [9.17, 15) is 38.4 Å². The highest BCUT2D eigenvalue weighted by atomic mass is 32.2. The molecule has 142 heavy (non-hydrogen) atoms. The molecule has 24 nitrogen and oxygen atoms in total. The third-order valence-electron chi connectivity index (χ3n) is 46.9. The number of sulfone groups is 1. The number of methoxy groups -OCH3 is 4. The van der Waals surface area contributed by atoms with Gasteiger partial charge in [-0.15, -0.1) is 15.3 Å². The summed E-state index contributed by atoms with van der Waals surface area (Å²) in [5, 5.41) is 69.6. The molecule has 0 aliphatic heterocycles. The van der Waals surface area contributed by atoms with Gasteiger partial charge in [0.25, 0.3) is 0 Å². The number of esters is 1. The van der Waals surface area contributed by atoms with Gasteiger partial charge in [0.2, 0.25) is 17.7 Å². The van der Waals surface area contributed by atoms with Gasteiger partial charge in [0.1, 0.15) is 26.1 Å². The molecule has 0 amide bonds. The van der Waals surface area contributed by atoms with E-state index in [1.54, 1.807) is 28.4 Å². The number of hydrogen-bond donors (Lipinski definition) is 6. The molecule has 0 spiro atoms. The predicted molar refractivity (Wildman–Crippen MR) is 551 cm³/mol. The van der Waals surface area contributed by atoms with Gasteiger partial charge in [0, 0.05) is 60.4 Å². The van der Waals surface area contributed by atoms with E-state index in [1.807, 2.05) is 0 Å². The zero-order chi connectivity index (χ0) is 102. The minimum Gasteiger partial charge on any atom is -0.481 e. The number of carboxylic acid groups (broad SMARTS) is 1. The van der Waals surface area contributed by atoms with E-state index in [-0.39, 0.29) is 101 Å². The lowest BCUT2D eigenvalue weighted by Gasteiger charge is -2.65. The molecular formula is C117H199N5O19S. The lowest BCUT2D eigenvalue weighted by Crippen LogP contribution is -2.63. The van der Waals surface area contributed by atoms with Gasteiger partial charge in [-0.25, -0.2) is 8.42 Å². The van der Waals surface area contributed by atoms with Crippen molar-refractivity contribution in [3.05, 3.63) is 17.7 Å². The number of aromatic nitrogens is 4. The first-order valence-electron chi connectivity index (χ1n) is 57.9. The van der Waals surface area contributed by atoms with E-state index in [4.69, 9.17) is 57.6 Å². The van der Waals surface area contributed by atoms with Crippen LogP contribution in [-0.2, 0) is 75.9 Å². The summed E-state index contributed by atoms with van der Waals surface area (Å²) in [6, 6.07) is 0.178. The van der Waals surface area contributed by atoms with Crippen molar-refractivity contribution in [2.24, 2.45) is 215 Å². The van der Waals surface area contributed by atoms with Gasteiger partial charge in [-0.05, 0) is 414 Å². The molecule has 0 bridgehead atoms. The number of nitrogens with zero attached hydrogens (tertiary/aromatic N) is 4. The molecule has 12 unspecified atom stereocenters. The number of aliphatic carboxylic acids is 1. The number of aliphatic hydroxyl groups excluding tert-OH is 4. The fraction of sp³-hybridized carbons (Fsp3) is 0.949. The van der Waals surface area contributed by atoms with Crippen molar-refractivity contribution in [3.8, 4) is 0 Å². The molecule has 16 saturated carbocycles. The second kappa shape index (κ2) is 46.2. The molecule has 0 radical (unpaired) electrons. The minimum absolute atomic E-state index is 0.0416. The van der Waals surface area contributed by atoms with Crippen LogP contribution < -0.4 is 5.73 Å². The number of hydrogen-bond acceptors (Lipinski definition) is 23. The van der Waals surface area contributed by atoms with Gasteiger partial charge in [0.05, 0.1) is 42.7 Å². The smallest absolute Gasteiger partial charge is 0.312 e. The fourth-order valence-corrected chi connectivity index (χ4v) is 40.9. The second-order valence-electron chi connectivity index (χ2n) is 53.1. The third kappa shape index (κ3) is 21.8. The molecule has 0 aromatic carbocycles. The van der Waals surface area contributed by atoms with Crippen molar-refractivity contribution in [2.75, 3.05) is 67.6 Å². The molecule has 16 fully saturated rings. The van der Waals surface area contributed by atoms with Crippen molar-refractivity contribution in [1.82, 2.24) is 20.4 Å². The number of fused-ring (bicyclic) bond motifs is 20. The van der Waals surface area contributed by atoms with Crippen LogP contribution in [0.1, 0.15) is 379 Å². The van der Waals surface area contributed by atoms with Crippen LogP contribution in [0.4, 0.5) is 6.01 Å². The predicted octanol–water partition coefficient (Wildman–Crippen LogP) is 23.1. The van der Waals surface area contributed by atoms with Crippen LogP contribution >= 0.6 is 0 Å². The Morgan fingerprint density at radius 1 is 0.394 bits per heavy atom. The van der Waals surface area contributed by atoms with Gasteiger partial charge in [-0.1, -0.05) is 155 Å².